The fraction of sp³-hybridized carbons (Fsp3) is 0.100. The van der Waals surface area contributed by atoms with Crippen molar-refractivity contribution < 1.29 is 5.11 Å². The first kappa shape index (κ1) is 8.76. The van der Waals surface area contributed by atoms with Gasteiger partial charge in [-0.15, -0.1) is 0 Å². The van der Waals surface area contributed by atoms with Crippen molar-refractivity contribution >= 4 is 23.5 Å². The first-order valence-corrected chi connectivity index (χ1v) is 4.91. The zero-order chi connectivity index (χ0) is 10.4. The number of benzene rings is 1. The van der Waals surface area contributed by atoms with Crippen LogP contribution in [0, 0.1) is 0 Å². The number of aliphatic hydroxyl groups excluding tert-OH is 1. The Hall–Kier alpha value is -1.52. The molecule has 0 aromatic heterocycles. The molecule has 1 atom stereocenters. The third-order valence-electron chi connectivity index (χ3n) is 2.46. The van der Waals surface area contributed by atoms with Crippen LogP contribution in [0.4, 0.5) is 0 Å². The van der Waals surface area contributed by atoms with Crippen LogP contribution in [0.2, 0.25) is 5.02 Å². The van der Waals surface area contributed by atoms with E-state index in [1.54, 1.807) is 11.1 Å². The molecule has 1 unspecified atom stereocenters. The molecule has 0 saturated carbocycles. The van der Waals surface area contributed by atoms with E-state index in [1.165, 1.54) is 0 Å². The van der Waals surface area contributed by atoms with Crippen LogP contribution in [0.3, 0.4) is 0 Å². The van der Waals surface area contributed by atoms with E-state index in [0.717, 1.165) is 11.1 Å². The predicted octanol–water partition coefficient (Wildman–Crippen LogP) is 1.17. The van der Waals surface area contributed by atoms with E-state index in [4.69, 9.17) is 11.6 Å². The molecule has 0 bridgehead atoms. The summed E-state index contributed by atoms with van der Waals surface area (Å²) in [5.74, 6) is 0.697. The summed E-state index contributed by atoms with van der Waals surface area (Å²) in [6, 6.07) is 5.60. The van der Waals surface area contributed by atoms with Crippen LogP contribution in [-0.4, -0.2) is 22.2 Å². The molecule has 0 spiro atoms. The number of hydrogen-bond acceptors (Lipinski definition) is 4. The molecule has 76 valence electrons. The van der Waals surface area contributed by atoms with Crippen LogP contribution in [0.1, 0.15) is 11.1 Å². The highest BCUT2D eigenvalue weighted by atomic mass is 35.5. The van der Waals surface area contributed by atoms with Gasteiger partial charge in [0.05, 0.1) is 0 Å². The van der Waals surface area contributed by atoms with Crippen molar-refractivity contribution in [2.45, 2.75) is 6.35 Å². The van der Waals surface area contributed by atoms with Crippen molar-refractivity contribution in [3.63, 3.8) is 0 Å². The van der Waals surface area contributed by atoms with Crippen molar-refractivity contribution in [3.05, 3.63) is 40.5 Å². The molecular weight excluding hydrogens is 214 g/mol. The number of rotatable bonds is 0. The highest BCUT2D eigenvalue weighted by molar-refractivity contribution is 6.31. The topological polar surface area (TPSA) is 47.9 Å². The molecule has 1 aromatic carbocycles. The summed E-state index contributed by atoms with van der Waals surface area (Å²) in [6.45, 7) is 0. The Kier molecular flexibility index (Phi) is 1.74. The van der Waals surface area contributed by atoms with Gasteiger partial charge < -0.3 is 5.11 Å². The minimum Gasteiger partial charge on any atom is -0.355 e. The smallest absolute Gasteiger partial charge is 0.225 e. The molecule has 2 N–H and O–H groups in total. The summed E-state index contributed by atoms with van der Waals surface area (Å²) in [7, 11) is 0. The molecule has 0 radical (unpaired) electrons. The molecule has 0 aliphatic carbocycles. The minimum absolute atomic E-state index is 0.660. The molecule has 1 aromatic rings. The number of fused-ring (bicyclic) bond motifs is 3. The van der Waals surface area contributed by atoms with Crippen LogP contribution in [-0.2, 0) is 0 Å². The number of aliphatic hydroxyl groups is 1. The number of nitrogens with one attached hydrogen (secondary N) is 1. The largest absolute Gasteiger partial charge is 0.355 e. The van der Waals surface area contributed by atoms with Crippen molar-refractivity contribution in [2.75, 3.05) is 0 Å². The number of amidine groups is 1. The van der Waals surface area contributed by atoms with Crippen molar-refractivity contribution in [1.29, 1.82) is 0 Å². The minimum atomic E-state index is -0.789. The lowest BCUT2D eigenvalue weighted by molar-refractivity contribution is 0.0676. The lowest BCUT2D eigenvalue weighted by Gasteiger charge is -2.23. The fourth-order valence-corrected chi connectivity index (χ4v) is 1.91. The second-order valence-corrected chi connectivity index (χ2v) is 3.83. The molecule has 5 heteroatoms. The average molecular weight is 222 g/mol. The van der Waals surface area contributed by atoms with Crippen molar-refractivity contribution in [2.24, 2.45) is 5.10 Å². The van der Waals surface area contributed by atoms with Gasteiger partial charge in [0.2, 0.25) is 6.35 Å². The molecule has 4 nitrogen and oxygen atoms in total. The summed E-state index contributed by atoms with van der Waals surface area (Å²) >= 11 is 5.92. The number of nitrogens with zero attached hydrogens (tertiary/aromatic N) is 2. The van der Waals surface area contributed by atoms with E-state index < -0.39 is 6.35 Å². The van der Waals surface area contributed by atoms with Crippen LogP contribution < -0.4 is 5.43 Å². The molecule has 2 aliphatic rings. The van der Waals surface area contributed by atoms with Gasteiger partial charge >= 0.3 is 0 Å². The van der Waals surface area contributed by atoms with E-state index in [0.29, 0.717) is 10.9 Å². The van der Waals surface area contributed by atoms with E-state index in [-0.39, 0.29) is 0 Å². The number of hydrazone groups is 1. The molecule has 0 amide bonds. The van der Waals surface area contributed by atoms with E-state index in [1.807, 2.05) is 24.3 Å². The van der Waals surface area contributed by atoms with Gasteiger partial charge in [0.15, 0.2) is 5.84 Å². The summed E-state index contributed by atoms with van der Waals surface area (Å²) < 4.78 is 0. The summed E-state index contributed by atoms with van der Waals surface area (Å²) in [6.07, 6.45) is 2.92. The molecule has 0 fully saturated rings. The van der Waals surface area contributed by atoms with Gasteiger partial charge in [-0.3, -0.25) is 10.3 Å². The van der Waals surface area contributed by atoms with Gasteiger partial charge in [0.1, 0.15) is 0 Å². The Morgan fingerprint density at radius 1 is 1.47 bits per heavy atom. The van der Waals surface area contributed by atoms with Gasteiger partial charge in [0.25, 0.3) is 0 Å². The fourth-order valence-electron chi connectivity index (χ4n) is 1.73. The molecule has 15 heavy (non-hydrogen) atoms. The third kappa shape index (κ3) is 1.22. The lowest BCUT2D eigenvalue weighted by Crippen LogP contribution is -2.37. The lowest BCUT2D eigenvalue weighted by atomic mass is 10.0. The van der Waals surface area contributed by atoms with E-state index >= 15 is 0 Å². The maximum absolute atomic E-state index is 9.54. The van der Waals surface area contributed by atoms with Gasteiger partial charge in [-0.2, -0.15) is 5.10 Å². The second-order valence-electron chi connectivity index (χ2n) is 3.39. The van der Waals surface area contributed by atoms with Crippen LogP contribution >= 0.6 is 11.6 Å². The molecule has 3 rings (SSSR count). The van der Waals surface area contributed by atoms with Crippen molar-refractivity contribution in [1.82, 2.24) is 10.3 Å². The molecule has 2 heterocycles. The maximum atomic E-state index is 9.54. The number of hydrogen-bond donors (Lipinski definition) is 2. The van der Waals surface area contributed by atoms with E-state index in [9.17, 15) is 5.11 Å². The van der Waals surface area contributed by atoms with E-state index in [2.05, 4.69) is 10.5 Å². The Morgan fingerprint density at radius 3 is 3.20 bits per heavy atom. The van der Waals surface area contributed by atoms with Gasteiger partial charge in [-0.05, 0) is 23.8 Å². The van der Waals surface area contributed by atoms with Crippen LogP contribution in [0.5, 0.6) is 0 Å². The third-order valence-corrected chi connectivity index (χ3v) is 2.70. The zero-order valence-electron chi connectivity index (χ0n) is 7.68. The van der Waals surface area contributed by atoms with Gasteiger partial charge in [0, 0.05) is 16.8 Å². The van der Waals surface area contributed by atoms with Crippen molar-refractivity contribution in [3.8, 4) is 0 Å². The summed E-state index contributed by atoms with van der Waals surface area (Å²) in [5, 5.41) is 14.2. The number of halogens is 1. The monoisotopic (exact) mass is 221 g/mol. The van der Waals surface area contributed by atoms with Gasteiger partial charge in [-0.25, -0.2) is 0 Å². The highest BCUT2D eigenvalue weighted by Gasteiger charge is 2.28. The Balaban J connectivity index is 2.18. The highest BCUT2D eigenvalue weighted by Crippen LogP contribution is 2.25. The molecule has 0 saturated heterocycles. The van der Waals surface area contributed by atoms with Crippen LogP contribution in [0.15, 0.2) is 29.5 Å². The Bertz CT molecular complexity index is 484. The predicted molar refractivity (Wildman–Crippen MR) is 58.0 cm³/mol. The second kappa shape index (κ2) is 2.98. The molecule has 2 aliphatic heterocycles. The Labute approximate surface area is 91.5 Å². The zero-order valence-corrected chi connectivity index (χ0v) is 8.44. The summed E-state index contributed by atoms with van der Waals surface area (Å²) in [5.41, 5.74) is 4.57. The standard InChI is InChI=1S/C10H8ClN3O/c11-7-2-1-6-3-4-14-9(8(6)5-7)12-13-10(14)15/h1-5,10,13,15H. The van der Waals surface area contributed by atoms with Gasteiger partial charge in [-0.1, -0.05) is 17.7 Å². The normalized spacial score (nSPS) is 21.9. The maximum Gasteiger partial charge on any atom is 0.225 e. The summed E-state index contributed by atoms with van der Waals surface area (Å²) in [4.78, 5) is 1.65. The first-order valence-electron chi connectivity index (χ1n) is 4.53. The molecular formula is C10H8ClN3O. The average Bonchev–Trinajstić information content (AvgIpc) is 2.61. The van der Waals surface area contributed by atoms with Crippen LogP contribution in [0.25, 0.3) is 6.08 Å². The quantitative estimate of drug-likeness (QED) is 0.692. The first-order chi connectivity index (χ1) is 7.25. The SMILES string of the molecule is OC1NN=C2c3cc(Cl)ccc3C=CN21. The Morgan fingerprint density at radius 2 is 2.33 bits per heavy atom.